The van der Waals surface area contributed by atoms with Crippen LogP contribution in [0.3, 0.4) is 0 Å². The van der Waals surface area contributed by atoms with Gasteiger partial charge in [-0.1, -0.05) is 0 Å². The molecule has 0 aliphatic rings. The molecule has 0 fully saturated rings. The Bertz CT molecular complexity index is 509. The Balaban J connectivity index is 2.46. The zero-order chi connectivity index (χ0) is 13.8. The predicted octanol–water partition coefficient (Wildman–Crippen LogP) is 2.57. The van der Waals surface area contributed by atoms with Crippen molar-refractivity contribution < 1.29 is 10.2 Å². The van der Waals surface area contributed by atoms with E-state index in [9.17, 15) is 0 Å². The Labute approximate surface area is 114 Å². The molecule has 0 atom stereocenters. The van der Waals surface area contributed by atoms with E-state index in [1.165, 1.54) is 27.6 Å². The van der Waals surface area contributed by atoms with Gasteiger partial charge in [0.15, 0.2) is 0 Å². The van der Waals surface area contributed by atoms with Crippen LogP contribution < -0.4 is 0 Å². The largest absolute Gasteiger partial charge is 0.396 e. The lowest BCUT2D eigenvalue weighted by Gasteiger charge is -2.06. The van der Waals surface area contributed by atoms with Gasteiger partial charge in [-0.15, -0.1) is 0 Å². The molecular formula is C16H23NO2. The second-order valence-corrected chi connectivity index (χ2v) is 5.21. The van der Waals surface area contributed by atoms with Gasteiger partial charge in [-0.3, -0.25) is 0 Å². The molecule has 1 aromatic heterocycles. The second-order valence-electron chi connectivity index (χ2n) is 5.21. The summed E-state index contributed by atoms with van der Waals surface area (Å²) in [5, 5.41) is 19.3. The van der Waals surface area contributed by atoms with E-state index in [0.717, 1.165) is 25.8 Å². The van der Waals surface area contributed by atoms with Crippen LogP contribution in [0.1, 0.15) is 29.5 Å². The van der Waals surface area contributed by atoms with Gasteiger partial charge in [-0.25, -0.2) is 0 Å². The Hall–Kier alpha value is -1.32. The van der Waals surface area contributed by atoms with Crippen molar-refractivity contribution in [2.24, 2.45) is 0 Å². The minimum Gasteiger partial charge on any atom is -0.396 e. The smallest absolute Gasteiger partial charge is 0.0486 e. The third-order valence-corrected chi connectivity index (χ3v) is 3.74. The third kappa shape index (κ3) is 2.99. The molecule has 1 heterocycles. The number of benzene rings is 1. The zero-order valence-electron chi connectivity index (χ0n) is 11.8. The van der Waals surface area contributed by atoms with Crippen LogP contribution in [0, 0.1) is 13.8 Å². The molecule has 0 radical (unpaired) electrons. The molecule has 19 heavy (non-hydrogen) atoms. The first kappa shape index (κ1) is 14.1. The van der Waals surface area contributed by atoms with E-state index in [0.29, 0.717) is 0 Å². The highest BCUT2D eigenvalue weighted by molar-refractivity contribution is 5.85. The Morgan fingerprint density at radius 3 is 2.37 bits per heavy atom. The van der Waals surface area contributed by atoms with Gasteiger partial charge in [0.05, 0.1) is 0 Å². The number of rotatable bonds is 6. The van der Waals surface area contributed by atoms with E-state index < -0.39 is 0 Å². The van der Waals surface area contributed by atoms with Crippen molar-refractivity contribution in [1.82, 2.24) is 4.57 Å². The quantitative estimate of drug-likeness (QED) is 0.839. The molecular weight excluding hydrogens is 238 g/mol. The maximum absolute atomic E-state index is 9.01. The summed E-state index contributed by atoms with van der Waals surface area (Å²) in [6.07, 6.45) is 4.65. The van der Waals surface area contributed by atoms with Crippen LogP contribution in [-0.4, -0.2) is 28.0 Å². The molecule has 0 bridgehead atoms. The van der Waals surface area contributed by atoms with Gasteiger partial charge in [0.2, 0.25) is 0 Å². The lowest BCUT2D eigenvalue weighted by Crippen LogP contribution is -1.98. The average molecular weight is 261 g/mol. The fourth-order valence-electron chi connectivity index (χ4n) is 2.52. The van der Waals surface area contributed by atoms with Crippen LogP contribution in [-0.2, 0) is 13.0 Å². The third-order valence-electron chi connectivity index (χ3n) is 3.74. The molecule has 0 spiro atoms. The summed E-state index contributed by atoms with van der Waals surface area (Å²) in [4.78, 5) is 0. The number of aromatic nitrogens is 1. The Morgan fingerprint density at radius 1 is 1.00 bits per heavy atom. The molecule has 3 heteroatoms. The van der Waals surface area contributed by atoms with E-state index in [4.69, 9.17) is 10.2 Å². The summed E-state index contributed by atoms with van der Waals surface area (Å²) in [5.41, 5.74) is 5.14. The number of nitrogens with zero attached hydrogens (tertiary/aromatic N) is 1. The molecule has 2 N–H and O–H groups in total. The van der Waals surface area contributed by atoms with E-state index in [1.54, 1.807) is 0 Å². The van der Waals surface area contributed by atoms with Crippen molar-refractivity contribution in [3.05, 3.63) is 35.0 Å². The molecule has 1 aromatic carbocycles. The summed E-state index contributed by atoms with van der Waals surface area (Å²) in [7, 11) is 0. The highest BCUT2D eigenvalue weighted by atomic mass is 16.3. The summed E-state index contributed by atoms with van der Waals surface area (Å²) < 4.78 is 2.23. The molecule has 0 unspecified atom stereocenters. The topological polar surface area (TPSA) is 45.4 Å². The maximum Gasteiger partial charge on any atom is 0.0486 e. The highest BCUT2D eigenvalue weighted by Crippen LogP contribution is 2.26. The van der Waals surface area contributed by atoms with Gasteiger partial charge in [0, 0.05) is 36.9 Å². The molecule has 0 aliphatic heterocycles. The van der Waals surface area contributed by atoms with E-state index in [1.807, 2.05) is 0 Å². The van der Waals surface area contributed by atoms with Crippen LogP contribution >= 0.6 is 0 Å². The zero-order valence-corrected chi connectivity index (χ0v) is 11.8. The molecule has 0 aliphatic carbocycles. The minimum absolute atomic E-state index is 0.219. The number of aliphatic hydroxyl groups is 2. The van der Waals surface area contributed by atoms with Crippen molar-refractivity contribution in [2.45, 2.75) is 39.7 Å². The SMILES string of the molecule is Cc1cc2c(CCCO)cn(CCCO)c2cc1C. The monoisotopic (exact) mass is 261 g/mol. The van der Waals surface area contributed by atoms with Gasteiger partial charge in [-0.05, 0) is 61.9 Å². The van der Waals surface area contributed by atoms with Gasteiger partial charge >= 0.3 is 0 Å². The summed E-state index contributed by atoms with van der Waals surface area (Å²) >= 11 is 0. The number of hydrogen-bond donors (Lipinski definition) is 2. The van der Waals surface area contributed by atoms with E-state index >= 15 is 0 Å². The first-order valence-corrected chi connectivity index (χ1v) is 6.98. The summed E-state index contributed by atoms with van der Waals surface area (Å²) in [6, 6.07) is 4.47. The summed E-state index contributed by atoms with van der Waals surface area (Å²) in [5.74, 6) is 0. The molecule has 0 amide bonds. The van der Waals surface area contributed by atoms with Crippen LogP contribution in [0.15, 0.2) is 18.3 Å². The first-order chi connectivity index (χ1) is 9.17. The Morgan fingerprint density at radius 2 is 1.68 bits per heavy atom. The van der Waals surface area contributed by atoms with Crippen molar-refractivity contribution >= 4 is 10.9 Å². The summed E-state index contributed by atoms with van der Waals surface area (Å²) in [6.45, 7) is 5.56. The lowest BCUT2D eigenvalue weighted by atomic mass is 10.0. The normalized spacial score (nSPS) is 11.4. The second kappa shape index (κ2) is 6.22. The number of hydrogen-bond acceptors (Lipinski definition) is 2. The van der Waals surface area contributed by atoms with Crippen LogP contribution in [0.5, 0.6) is 0 Å². The molecule has 104 valence electrons. The Kier molecular flexibility index (Phi) is 4.61. The van der Waals surface area contributed by atoms with Crippen LogP contribution in [0.4, 0.5) is 0 Å². The van der Waals surface area contributed by atoms with Crippen molar-refractivity contribution in [1.29, 1.82) is 0 Å². The molecule has 0 saturated carbocycles. The molecule has 2 aromatic rings. The van der Waals surface area contributed by atoms with Crippen molar-refractivity contribution in [3.63, 3.8) is 0 Å². The number of aryl methyl sites for hydroxylation is 4. The van der Waals surface area contributed by atoms with E-state index in [2.05, 4.69) is 36.7 Å². The lowest BCUT2D eigenvalue weighted by molar-refractivity contribution is 0.280. The number of fused-ring (bicyclic) bond motifs is 1. The fraction of sp³-hybridized carbons (Fsp3) is 0.500. The van der Waals surface area contributed by atoms with Gasteiger partial charge in [-0.2, -0.15) is 0 Å². The van der Waals surface area contributed by atoms with Crippen molar-refractivity contribution in [3.8, 4) is 0 Å². The molecule has 2 rings (SSSR count). The number of aliphatic hydroxyl groups excluding tert-OH is 2. The highest BCUT2D eigenvalue weighted by Gasteiger charge is 2.09. The molecule has 0 saturated heterocycles. The average Bonchev–Trinajstić information content (AvgIpc) is 2.72. The van der Waals surface area contributed by atoms with Gasteiger partial charge < -0.3 is 14.8 Å². The van der Waals surface area contributed by atoms with Crippen molar-refractivity contribution in [2.75, 3.05) is 13.2 Å². The maximum atomic E-state index is 9.01. The van der Waals surface area contributed by atoms with Gasteiger partial charge in [0.1, 0.15) is 0 Å². The predicted molar refractivity (Wildman–Crippen MR) is 78.5 cm³/mol. The van der Waals surface area contributed by atoms with Gasteiger partial charge in [0.25, 0.3) is 0 Å². The first-order valence-electron chi connectivity index (χ1n) is 6.98. The van der Waals surface area contributed by atoms with Crippen LogP contribution in [0.2, 0.25) is 0 Å². The van der Waals surface area contributed by atoms with Crippen LogP contribution in [0.25, 0.3) is 10.9 Å². The van der Waals surface area contributed by atoms with E-state index in [-0.39, 0.29) is 13.2 Å². The minimum atomic E-state index is 0.219. The standard InChI is InChI=1S/C16H23NO2/c1-12-9-15-14(5-3-7-18)11-17(6-4-8-19)16(15)10-13(12)2/h9-11,18-19H,3-8H2,1-2H3. The fourth-order valence-corrected chi connectivity index (χ4v) is 2.52. The molecule has 3 nitrogen and oxygen atoms in total.